The number of carbonyl (C=O) groups is 2. The Morgan fingerprint density at radius 2 is 1.49 bits per heavy atom. The van der Waals surface area contributed by atoms with E-state index in [-0.39, 0.29) is 45.6 Å². The van der Waals surface area contributed by atoms with E-state index in [0.29, 0.717) is 31.1 Å². The molecule has 5 rings (SSSR count). The summed E-state index contributed by atoms with van der Waals surface area (Å²) in [5, 5.41) is 10.9. The van der Waals surface area contributed by atoms with Gasteiger partial charge in [0.1, 0.15) is 0 Å². The predicted molar refractivity (Wildman–Crippen MR) is 143 cm³/mol. The lowest BCUT2D eigenvalue weighted by Gasteiger charge is -2.71. The van der Waals surface area contributed by atoms with Crippen molar-refractivity contribution < 1.29 is 24.2 Å². The first-order valence-corrected chi connectivity index (χ1v) is 14.7. The lowest BCUT2D eigenvalue weighted by Crippen LogP contribution is -2.65. The predicted octanol–water partition coefficient (Wildman–Crippen LogP) is 6.48. The molecule has 0 aromatic rings. The van der Waals surface area contributed by atoms with Crippen LogP contribution in [0.15, 0.2) is 11.6 Å². The van der Waals surface area contributed by atoms with Gasteiger partial charge in [0.2, 0.25) is 0 Å². The Bertz CT molecular complexity index is 1010. The van der Waals surface area contributed by atoms with Crippen LogP contribution in [0.2, 0.25) is 0 Å². The van der Waals surface area contributed by atoms with Gasteiger partial charge in [-0.1, -0.05) is 46.3 Å². The molecule has 0 heterocycles. The smallest absolute Gasteiger partial charge is 0.312 e. The van der Waals surface area contributed by atoms with Gasteiger partial charge in [0.25, 0.3) is 0 Å². The highest BCUT2D eigenvalue weighted by Crippen LogP contribution is 2.75. The quantitative estimate of drug-likeness (QED) is 0.337. The molecule has 9 atom stereocenters. The molecular weight excluding hydrogens is 464 g/mol. The Labute approximate surface area is 224 Å². The second-order valence-corrected chi connectivity index (χ2v) is 15.1. The van der Waals surface area contributed by atoms with E-state index >= 15 is 0 Å². The Balaban J connectivity index is 1.60. The summed E-state index contributed by atoms with van der Waals surface area (Å²) in [4.78, 5) is 26.4. The van der Waals surface area contributed by atoms with Crippen LogP contribution in [-0.2, 0) is 19.1 Å². The van der Waals surface area contributed by atoms with Crippen LogP contribution in [0.25, 0.3) is 0 Å². The molecule has 37 heavy (non-hydrogen) atoms. The molecular formula is C32H50O5. The van der Waals surface area contributed by atoms with E-state index < -0.39 is 10.8 Å². The largest absolute Gasteiger partial charge is 0.469 e. The minimum absolute atomic E-state index is 0.00414. The van der Waals surface area contributed by atoms with Gasteiger partial charge in [-0.15, -0.1) is 0 Å². The topological polar surface area (TPSA) is 72.8 Å². The van der Waals surface area contributed by atoms with Crippen LogP contribution in [0.1, 0.15) is 106 Å². The Morgan fingerprint density at radius 3 is 2.14 bits per heavy atom. The lowest BCUT2D eigenvalue weighted by atomic mass is 9.33. The van der Waals surface area contributed by atoms with E-state index in [1.807, 2.05) is 6.92 Å². The summed E-state index contributed by atoms with van der Waals surface area (Å²) in [6, 6.07) is 0. The lowest BCUT2D eigenvalue weighted by molar-refractivity contribution is -0.207. The second kappa shape index (κ2) is 8.32. The van der Waals surface area contributed by atoms with E-state index in [0.717, 1.165) is 44.9 Å². The molecule has 0 bridgehead atoms. The molecule has 0 aliphatic heterocycles. The van der Waals surface area contributed by atoms with Crippen LogP contribution < -0.4 is 0 Å². The van der Waals surface area contributed by atoms with E-state index in [9.17, 15) is 14.7 Å². The number of esters is 2. The van der Waals surface area contributed by atoms with Crippen molar-refractivity contribution in [1.29, 1.82) is 0 Å². The molecule has 9 unspecified atom stereocenters. The van der Waals surface area contributed by atoms with Gasteiger partial charge in [0.15, 0.2) is 0 Å². The summed E-state index contributed by atoms with van der Waals surface area (Å²) < 4.78 is 10.7. The number of hydrogen-bond donors (Lipinski definition) is 1. The zero-order valence-electron chi connectivity index (χ0n) is 24.5. The molecule has 0 radical (unpaired) electrons. The van der Waals surface area contributed by atoms with Gasteiger partial charge in [-0.05, 0) is 111 Å². The molecule has 0 saturated heterocycles. The highest BCUT2D eigenvalue weighted by atomic mass is 16.5. The number of aliphatic hydroxyl groups excluding tert-OH is 1. The normalized spacial score (nSPS) is 50.4. The van der Waals surface area contributed by atoms with Crippen molar-refractivity contribution in [2.45, 2.75) is 112 Å². The SMILES string of the molecule is COC(=O)C1(C)CCC2(C(=O)OC)CCC3(C)C(=CCC4C5(C)CCC(O)C(C)(C)C5CCC43C)C2C1. The first kappa shape index (κ1) is 27.2. The van der Waals surface area contributed by atoms with Gasteiger partial charge in [-0.25, -0.2) is 0 Å². The van der Waals surface area contributed by atoms with Crippen molar-refractivity contribution in [1.82, 2.24) is 0 Å². The maximum Gasteiger partial charge on any atom is 0.312 e. The monoisotopic (exact) mass is 514 g/mol. The van der Waals surface area contributed by atoms with Gasteiger partial charge in [0, 0.05) is 0 Å². The van der Waals surface area contributed by atoms with Gasteiger partial charge in [0.05, 0.1) is 31.2 Å². The summed E-state index contributed by atoms with van der Waals surface area (Å²) >= 11 is 0. The summed E-state index contributed by atoms with van der Waals surface area (Å²) in [5.74, 6) is 0.800. The van der Waals surface area contributed by atoms with E-state index in [4.69, 9.17) is 9.47 Å². The molecule has 208 valence electrons. The van der Waals surface area contributed by atoms with Crippen LogP contribution in [0.5, 0.6) is 0 Å². The number of carbonyl (C=O) groups excluding carboxylic acids is 2. The molecule has 4 fully saturated rings. The third-order valence-electron chi connectivity index (χ3n) is 13.7. The van der Waals surface area contributed by atoms with Gasteiger partial charge in [-0.3, -0.25) is 9.59 Å². The molecule has 0 amide bonds. The molecule has 1 N–H and O–H groups in total. The number of ether oxygens (including phenoxy) is 2. The summed E-state index contributed by atoms with van der Waals surface area (Å²) in [6.07, 6.45) is 11.3. The Morgan fingerprint density at radius 1 is 0.838 bits per heavy atom. The van der Waals surface area contributed by atoms with Crippen molar-refractivity contribution >= 4 is 11.9 Å². The zero-order chi connectivity index (χ0) is 27.2. The van der Waals surface area contributed by atoms with Crippen molar-refractivity contribution in [2.75, 3.05) is 14.2 Å². The van der Waals surface area contributed by atoms with E-state index in [2.05, 4.69) is 40.7 Å². The average Bonchev–Trinajstić information content (AvgIpc) is 2.86. The summed E-state index contributed by atoms with van der Waals surface area (Å²) in [6.45, 7) is 14.1. The minimum Gasteiger partial charge on any atom is -0.469 e. The highest BCUT2D eigenvalue weighted by Gasteiger charge is 2.69. The van der Waals surface area contributed by atoms with Gasteiger partial charge in [-0.2, -0.15) is 0 Å². The molecule has 4 saturated carbocycles. The first-order chi connectivity index (χ1) is 17.2. The second-order valence-electron chi connectivity index (χ2n) is 15.1. The maximum absolute atomic E-state index is 13.5. The molecule has 5 aliphatic rings. The standard InChI is InChI=1S/C32H50O5/c1-27(2)22-11-14-31(6)23(29(22,4)13-12-24(27)33)10-9-20-21-19-28(3,25(34)36-7)15-17-32(21,26(35)37-8)18-16-30(20,31)5/h9,21-24,33H,10-19H2,1-8H3. The fourth-order valence-corrected chi connectivity index (χ4v) is 11.1. The third-order valence-corrected chi connectivity index (χ3v) is 13.7. The third kappa shape index (κ3) is 3.31. The van der Waals surface area contributed by atoms with Crippen molar-refractivity contribution in [3.63, 3.8) is 0 Å². The summed E-state index contributed by atoms with van der Waals surface area (Å²) in [5.41, 5.74) is 0.482. The van der Waals surface area contributed by atoms with E-state index in [1.54, 1.807) is 0 Å². The fraction of sp³-hybridized carbons (Fsp3) is 0.875. The maximum atomic E-state index is 13.5. The minimum atomic E-state index is -0.582. The number of fused-ring (bicyclic) bond motifs is 7. The summed E-state index contributed by atoms with van der Waals surface area (Å²) in [7, 11) is 3.00. The number of allylic oxidation sites excluding steroid dienone is 2. The number of methoxy groups -OCH3 is 2. The van der Waals surface area contributed by atoms with Crippen molar-refractivity contribution in [2.24, 2.45) is 50.2 Å². The van der Waals surface area contributed by atoms with Crippen LogP contribution in [-0.4, -0.2) is 37.4 Å². The van der Waals surface area contributed by atoms with Crippen LogP contribution in [0.3, 0.4) is 0 Å². The molecule has 0 aromatic heterocycles. The van der Waals surface area contributed by atoms with Crippen LogP contribution in [0.4, 0.5) is 0 Å². The highest BCUT2D eigenvalue weighted by molar-refractivity contribution is 5.81. The molecule has 5 nitrogen and oxygen atoms in total. The van der Waals surface area contributed by atoms with Gasteiger partial charge < -0.3 is 14.6 Å². The zero-order valence-corrected chi connectivity index (χ0v) is 24.5. The van der Waals surface area contributed by atoms with Crippen LogP contribution >= 0.6 is 0 Å². The van der Waals surface area contributed by atoms with Crippen LogP contribution in [0, 0.1) is 50.2 Å². The van der Waals surface area contributed by atoms with Crippen molar-refractivity contribution in [3.8, 4) is 0 Å². The van der Waals surface area contributed by atoms with Gasteiger partial charge >= 0.3 is 11.9 Å². The number of rotatable bonds is 2. The van der Waals surface area contributed by atoms with Crippen molar-refractivity contribution in [3.05, 3.63) is 11.6 Å². The average molecular weight is 515 g/mol. The molecule has 5 heteroatoms. The van der Waals surface area contributed by atoms with E-state index in [1.165, 1.54) is 19.8 Å². The first-order valence-electron chi connectivity index (χ1n) is 14.7. The number of aliphatic hydroxyl groups is 1. The molecule has 5 aliphatic carbocycles. The fourth-order valence-electron chi connectivity index (χ4n) is 11.1. The number of hydrogen-bond acceptors (Lipinski definition) is 5. The molecule has 0 aromatic carbocycles. The molecule has 0 spiro atoms. The Kier molecular flexibility index (Phi) is 6.12. The Hall–Kier alpha value is -1.36.